The highest BCUT2D eigenvalue weighted by Gasteiger charge is 2.39. The summed E-state index contributed by atoms with van der Waals surface area (Å²) in [6.07, 6.45) is 4.37. The van der Waals surface area contributed by atoms with Crippen LogP contribution in [-0.2, 0) is 6.54 Å². The number of aromatic carboxylic acids is 1. The van der Waals surface area contributed by atoms with Gasteiger partial charge in [0.1, 0.15) is 10.6 Å². The van der Waals surface area contributed by atoms with Crippen molar-refractivity contribution in [3.05, 3.63) is 51.7 Å². The van der Waals surface area contributed by atoms with E-state index in [0.717, 1.165) is 82.1 Å². The number of thiophene rings is 1. The summed E-state index contributed by atoms with van der Waals surface area (Å²) < 4.78 is 6.04. The van der Waals surface area contributed by atoms with Crippen molar-refractivity contribution in [1.29, 1.82) is 0 Å². The smallest absolute Gasteiger partial charge is 0.345 e. The molecule has 0 unspecified atom stereocenters. The zero-order valence-corrected chi connectivity index (χ0v) is 20.4. The van der Waals surface area contributed by atoms with Crippen LogP contribution in [0.4, 0.5) is 0 Å². The highest BCUT2D eigenvalue weighted by molar-refractivity contribution is 7.15. The van der Waals surface area contributed by atoms with Gasteiger partial charge in [0, 0.05) is 25.2 Å². The molecule has 33 heavy (non-hydrogen) atoms. The first kappa shape index (κ1) is 23.8. The fraction of sp³-hybridized carbons (Fsp3) is 0.538. The molecule has 3 heterocycles. The summed E-state index contributed by atoms with van der Waals surface area (Å²) in [6, 6.07) is 11.5. The minimum absolute atomic E-state index is 0.0298. The molecule has 0 radical (unpaired) electrons. The van der Waals surface area contributed by atoms with E-state index in [0.29, 0.717) is 16.2 Å². The topological polar surface area (TPSA) is 70.1 Å². The average molecular weight is 471 g/mol. The van der Waals surface area contributed by atoms with Crippen molar-refractivity contribution in [2.45, 2.75) is 46.1 Å². The van der Waals surface area contributed by atoms with Gasteiger partial charge in [0.05, 0.1) is 11.5 Å². The van der Waals surface area contributed by atoms with Crippen molar-refractivity contribution >= 4 is 23.2 Å². The molecule has 0 aliphatic carbocycles. The molecule has 7 heteroatoms. The van der Waals surface area contributed by atoms with Crippen molar-refractivity contribution in [2.75, 3.05) is 32.8 Å². The largest absolute Gasteiger partial charge is 0.493 e. The maximum Gasteiger partial charge on any atom is 0.345 e. The molecule has 1 N–H and O–H groups in total. The second-order valence-electron chi connectivity index (χ2n) is 9.85. The van der Waals surface area contributed by atoms with Crippen LogP contribution in [0.1, 0.15) is 64.4 Å². The van der Waals surface area contributed by atoms with Crippen LogP contribution in [0.5, 0.6) is 5.75 Å². The SMILES string of the molecule is CC(C)COc1ccccc1CN1CCC2(CC1)CCN(C(=O)c1ccc(C(=O)O)s1)CC2. The van der Waals surface area contributed by atoms with Gasteiger partial charge in [0.15, 0.2) is 0 Å². The number of hydrogen-bond donors (Lipinski definition) is 1. The number of para-hydroxylation sites is 1. The summed E-state index contributed by atoms with van der Waals surface area (Å²) in [6.45, 7) is 9.63. The van der Waals surface area contributed by atoms with Crippen LogP contribution < -0.4 is 4.74 Å². The number of rotatable bonds is 7. The predicted molar refractivity (Wildman–Crippen MR) is 130 cm³/mol. The summed E-state index contributed by atoms with van der Waals surface area (Å²) in [5, 5.41) is 9.11. The average Bonchev–Trinajstić information content (AvgIpc) is 3.31. The molecule has 2 aromatic rings. The van der Waals surface area contributed by atoms with E-state index in [1.54, 1.807) is 6.07 Å². The number of carboxylic acid groups (broad SMARTS) is 1. The number of likely N-dealkylation sites (tertiary alicyclic amines) is 2. The van der Waals surface area contributed by atoms with Gasteiger partial charge in [-0.05, 0) is 68.3 Å². The van der Waals surface area contributed by atoms with Crippen LogP contribution in [0.3, 0.4) is 0 Å². The summed E-state index contributed by atoms with van der Waals surface area (Å²) >= 11 is 1.07. The van der Waals surface area contributed by atoms with Crippen LogP contribution in [-0.4, -0.2) is 59.6 Å². The van der Waals surface area contributed by atoms with Gasteiger partial charge in [0.2, 0.25) is 0 Å². The molecule has 0 atom stereocenters. The van der Waals surface area contributed by atoms with Gasteiger partial charge < -0.3 is 14.7 Å². The molecule has 2 aliphatic heterocycles. The number of ether oxygens (including phenoxy) is 1. The number of amides is 1. The van der Waals surface area contributed by atoms with Gasteiger partial charge in [-0.3, -0.25) is 9.69 Å². The number of benzene rings is 1. The first-order chi connectivity index (χ1) is 15.8. The lowest BCUT2D eigenvalue weighted by Crippen LogP contribution is -2.48. The Kier molecular flexibility index (Phi) is 7.39. The lowest BCUT2D eigenvalue weighted by atomic mass is 9.71. The Morgan fingerprint density at radius 2 is 1.64 bits per heavy atom. The fourth-order valence-corrected chi connectivity index (χ4v) is 5.68. The van der Waals surface area contributed by atoms with E-state index in [1.165, 1.54) is 11.6 Å². The molecule has 1 aromatic carbocycles. The van der Waals surface area contributed by atoms with Gasteiger partial charge in [-0.2, -0.15) is 0 Å². The maximum absolute atomic E-state index is 12.8. The quantitative estimate of drug-likeness (QED) is 0.617. The van der Waals surface area contributed by atoms with Gasteiger partial charge in [-0.15, -0.1) is 11.3 Å². The third kappa shape index (κ3) is 5.76. The molecule has 6 nitrogen and oxygen atoms in total. The molecule has 2 saturated heterocycles. The van der Waals surface area contributed by atoms with Crippen molar-refractivity contribution in [3.63, 3.8) is 0 Å². The number of nitrogens with zero attached hydrogens (tertiary/aromatic N) is 2. The highest BCUT2D eigenvalue weighted by atomic mass is 32.1. The van der Waals surface area contributed by atoms with Crippen molar-refractivity contribution in [2.24, 2.45) is 11.3 Å². The first-order valence-electron chi connectivity index (χ1n) is 11.9. The molecule has 4 rings (SSSR count). The van der Waals surface area contributed by atoms with Crippen LogP contribution in [0, 0.1) is 11.3 Å². The number of hydrogen-bond acceptors (Lipinski definition) is 5. The third-order valence-electron chi connectivity index (χ3n) is 6.99. The molecule has 1 spiro atoms. The Bertz CT molecular complexity index is 968. The second kappa shape index (κ2) is 10.3. The van der Waals surface area contributed by atoms with Crippen LogP contribution in [0.25, 0.3) is 0 Å². The van der Waals surface area contributed by atoms with Crippen LogP contribution in [0.2, 0.25) is 0 Å². The fourth-order valence-electron chi connectivity index (χ4n) is 4.87. The van der Waals surface area contributed by atoms with Gasteiger partial charge in [-0.1, -0.05) is 32.0 Å². The van der Waals surface area contributed by atoms with Crippen LogP contribution >= 0.6 is 11.3 Å². The molecule has 0 saturated carbocycles. The number of piperidine rings is 2. The number of carbonyl (C=O) groups excluding carboxylic acids is 1. The van der Waals surface area contributed by atoms with Crippen molar-refractivity contribution in [3.8, 4) is 5.75 Å². The maximum atomic E-state index is 12.8. The van der Waals surface area contributed by atoms with E-state index < -0.39 is 5.97 Å². The first-order valence-corrected chi connectivity index (χ1v) is 12.7. The monoisotopic (exact) mass is 470 g/mol. The van der Waals surface area contributed by atoms with Crippen molar-refractivity contribution in [1.82, 2.24) is 9.80 Å². The van der Waals surface area contributed by atoms with Gasteiger partial charge in [0.25, 0.3) is 5.91 Å². The van der Waals surface area contributed by atoms with Gasteiger partial charge >= 0.3 is 5.97 Å². The third-order valence-corrected chi connectivity index (χ3v) is 8.06. The number of carbonyl (C=O) groups is 2. The molecule has 1 aromatic heterocycles. The van der Waals surface area contributed by atoms with E-state index >= 15 is 0 Å². The van der Waals surface area contributed by atoms with E-state index in [9.17, 15) is 9.59 Å². The molecule has 2 fully saturated rings. The van der Waals surface area contributed by atoms with E-state index in [2.05, 4.69) is 36.9 Å². The van der Waals surface area contributed by atoms with E-state index in [-0.39, 0.29) is 10.8 Å². The predicted octanol–water partition coefficient (Wildman–Crippen LogP) is 5.00. The Hall–Kier alpha value is -2.38. The molecule has 1 amide bonds. The molecule has 178 valence electrons. The molecule has 2 aliphatic rings. The van der Waals surface area contributed by atoms with Crippen LogP contribution in [0.15, 0.2) is 36.4 Å². The van der Waals surface area contributed by atoms with Gasteiger partial charge in [-0.25, -0.2) is 4.79 Å². The lowest BCUT2D eigenvalue weighted by Gasteiger charge is -2.47. The molecular formula is C26H34N2O4S. The minimum atomic E-state index is -0.975. The Morgan fingerprint density at radius 3 is 2.27 bits per heavy atom. The number of carboxylic acids is 1. The van der Waals surface area contributed by atoms with Crippen molar-refractivity contribution < 1.29 is 19.4 Å². The zero-order chi connectivity index (χ0) is 23.4. The lowest BCUT2D eigenvalue weighted by molar-refractivity contribution is 0.0285. The Balaban J connectivity index is 1.28. The summed E-state index contributed by atoms with van der Waals surface area (Å²) in [4.78, 5) is 29.1. The summed E-state index contributed by atoms with van der Waals surface area (Å²) in [5.41, 5.74) is 1.58. The molecule has 0 bridgehead atoms. The highest BCUT2D eigenvalue weighted by Crippen LogP contribution is 2.42. The second-order valence-corrected chi connectivity index (χ2v) is 10.9. The standard InChI is InChI=1S/C26H34N2O4S/c1-19(2)18-32-21-6-4-3-5-20(21)17-27-13-9-26(10-14-27)11-15-28(16-12-26)24(29)22-7-8-23(33-22)25(30)31/h3-8,19H,9-18H2,1-2H3,(H,30,31). The Labute approximate surface area is 200 Å². The van der Waals surface area contributed by atoms with E-state index in [4.69, 9.17) is 9.84 Å². The van der Waals surface area contributed by atoms with E-state index in [1.807, 2.05) is 11.0 Å². The Morgan fingerprint density at radius 1 is 1.00 bits per heavy atom. The normalized spacial score (nSPS) is 18.6. The minimum Gasteiger partial charge on any atom is -0.493 e. The molecular weight excluding hydrogens is 436 g/mol. The zero-order valence-electron chi connectivity index (χ0n) is 19.6. The summed E-state index contributed by atoms with van der Waals surface area (Å²) in [5.74, 6) is 0.498. The summed E-state index contributed by atoms with van der Waals surface area (Å²) in [7, 11) is 0.